The van der Waals surface area contributed by atoms with Gasteiger partial charge in [0.2, 0.25) is 5.60 Å². The summed E-state index contributed by atoms with van der Waals surface area (Å²) in [7, 11) is 0. The molecule has 5 atom stereocenters. The lowest BCUT2D eigenvalue weighted by Crippen LogP contribution is -2.57. The molecule has 0 radical (unpaired) electrons. The van der Waals surface area contributed by atoms with Crippen molar-refractivity contribution in [1.82, 2.24) is 14.6 Å². The van der Waals surface area contributed by atoms with E-state index in [0.29, 0.717) is 10.8 Å². The zero-order valence-electron chi connectivity index (χ0n) is 21.2. The number of aliphatic hydroxyl groups excluding tert-OH is 1. The summed E-state index contributed by atoms with van der Waals surface area (Å²) in [6, 6.07) is 6.36. The Balaban J connectivity index is 1.97. The van der Waals surface area contributed by atoms with Crippen molar-refractivity contribution in [3.8, 4) is 5.75 Å². The first-order valence-corrected chi connectivity index (χ1v) is 14.6. The van der Waals surface area contributed by atoms with Gasteiger partial charge in [0.15, 0.2) is 12.3 Å². The van der Waals surface area contributed by atoms with E-state index in [4.69, 9.17) is 47.7 Å². The molecule has 11 nitrogen and oxygen atoms in total. The standard InChI is InChI=1S/C22H26ClF4N4O7PS/c1-11(2)36-18(33)12(3)30-39(40,38-13-7-5-4-6-8-13)35-10-21(19(24)25)22(26,27)15(32)17(37-21)31-9-14(23)16(28)29-20(31)34/h4-9,11-12,15,17,19,32H,10H2,1-3H3,(H,30,40)(H2,28,29,34)/t12-,15-,17+,21-,39?/m0/s1. The Morgan fingerprint density at radius 1 is 1.32 bits per heavy atom. The number of hydrogen-bond donors (Lipinski definition) is 3. The highest BCUT2D eigenvalue weighted by Crippen LogP contribution is 2.54. The van der Waals surface area contributed by atoms with Crippen LogP contribution >= 0.6 is 18.2 Å². The maximum absolute atomic E-state index is 15.4. The van der Waals surface area contributed by atoms with Crippen LogP contribution in [-0.4, -0.2) is 63.4 Å². The summed E-state index contributed by atoms with van der Waals surface area (Å²) >= 11 is 11.2. The largest absolute Gasteiger partial charge is 0.462 e. The molecule has 1 fully saturated rings. The molecule has 2 heterocycles. The molecule has 0 saturated carbocycles. The van der Waals surface area contributed by atoms with Gasteiger partial charge in [-0.2, -0.15) is 13.8 Å². The van der Waals surface area contributed by atoms with E-state index in [1.807, 2.05) is 0 Å². The minimum atomic E-state index is -4.71. The topological polar surface area (TPSA) is 147 Å². The number of nitrogens with two attached hydrogens (primary N) is 1. The predicted octanol–water partition coefficient (Wildman–Crippen LogP) is 3.26. The van der Waals surface area contributed by atoms with Gasteiger partial charge < -0.3 is 29.4 Å². The maximum Gasteiger partial charge on any atom is 0.351 e. The highest BCUT2D eigenvalue weighted by Gasteiger charge is 2.74. The molecule has 18 heteroatoms. The SMILES string of the molecule is CC(C)OC(=O)[C@H](C)NP(=S)(OC[C@@]1(C(F)F)O[C@@H](n2cc(Cl)c(N)nc2=O)[C@H](O)C1(F)F)Oc1ccccc1. The van der Waals surface area contributed by atoms with Gasteiger partial charge in [-0.3, -0.25) is 9.36 Å². The van der Waals surface area contributed by atoms with Crippen molar-refractivity contribution < 1.29 is 46.0 Å². The van der Waals surface area contributed by atoms with Crippen LogP contribution in [0.4, 0.5) is 23.4 Å². The number of nitrogens with one attached hydrogen (secondary N) is 1. The van der Waals surface area contributed by atoms with Gasteiger partial charge in [0.25, 0.3) is 6.43 Å². The van der Waals surface area contributed by atoms with Crippen molar-refractivity contribution in [2.45, 2.75) is 63.2 Å². The quantitative estimate of drug-likeness (QED) is 0.191. The number of carbonyl (C=O) groups excluding carboxylic acids is 1. The summed E-state index contributed by atoms with van der Waals surface area (Å²) in [4.78, 5) is 27.9. The van der Waals surface area contributed by atoms with Gasteiger partial charge in [-0.15, -0.1) is 0 Å². The number of alkyl halides is 4. The van der Waals surface area contributed by atoms with Crippen molar-refractivity contribution >= 4 is 41.8 Å². The number of benzene rings is 1. The van der Waals surface area contributed by atoms with Crippen molar-refractivity contribution in [3.05, 3.63) is 52.0 Å². The van der Waals surface area contributed by atoms with Crippen LogP contribution in [-0.2, 0) is 30.6 Å². The summed E-state index contributed by atoms with van der Waals surface area (Å²) in [5, 5.41) is 12.5. The van der Waals surface area contributed by atoms with Gasteiger partial charge in [0.1, 0.15) is 17.6 Å². The van der Waals surface area contributed by atoms with Crippen molar-refractivity contribution in [3.63, 3.8) is 0 Å². The first-order valence-electron chi connectivity index (χ1n) is 11.6. The first-order chi connectivity index (χ1) is 18.5. The molecule has 3 rings (SSSR count). The number of para-hydroxylation sites is 1. The molecular weight excluding hydrogens is 607 g/mol. The van der Waals surface area contributed by atoms with Crippen LogP contribution in [0.5, 0.6) is 5.75 Å². The summed E-state index contributed by atoms with van der Waals surface area (Å²) in [6.07, 6.45) is -9.14. The number of halogens is 5. The summed E-state index contributed by atoms with van der Waals surface area (Å²) < 4.78 is 81.1. The third-order valence-electron chi connectivity index (χ3n) is 5.57. The van der Waals surface area contributed by atoms with Crippen molar-refractivity contribution in [2.75, 3.05) is 12.3 Å². The molecule has 1 aromatic heterocycles. The van der Waals surface area contributed by atoms with Crippen molar-refractivity contribution in [1.29, 1.82) is 0 Å². The van der Waals surface area contributed by atoms with Crippen molar-refractivity contribution in [2.24, 2.45) is 0 Å². The van der Waals surface area contributed by atoms with E-state index >= 15 is 8.78 Å². The van der Waals surface area contributed by atoms with E-state index in [-0.39, 0.29) is 10.8 Å². The fourth-order valence-corrected chi connectivity index (χ4v) is 6.10. The number of nitrogens with zero attached hydrogens (tertiary/aromatic N) is 2. The number of hydrogen-bond acceptors (Lipinski definition) is 10. The Bertz CT molecular complexity index is 1330. The van der Waals surface area contributed by atoms with Gasteiger partial charge in [0.05, 0.1) is 17.7 Å². The second kappa shape index (κ2) is 12.3. The van der Waals surface area contributed by atoms with E-state index < -0.39 is 73.2 Å². The molecule has 222 valence electrons. The Labute approximate surface area is 235 Å². The second-order valence-electron chi connectivity index (χ2n) is 8.94. The number of rotatable bonds is 11. The van der Waals surface area contributed by atoms with E-state index in [2.05, 4.69) is 10.1 Å². The van der Waals surface area contributed by atoms with Crippen LogP contribution in [0, 0.1) is 0 Å². The normalized spacial score (nSPS) is 24.6. The fourth-order valence-electron chi connectivity index (χ4n) is 3.54. The lowest BCUT2D eigenvalue weighted by Gasteiger charge is -2.35. The lowest BCUT2D eigenvalue weighted by atomic mass is 9.95. The van der Waals surface area contributed by atoms with Gasteiger partial charge in [-0.05, 0) is 44.7 Å². The molecule has 40 heavy (non-hydrogen) atoms. The third kappa shape index (κ3) is 6.59. The average molecular weight is 633 g/mol. The van der Waals surface area contributed by atoms with Gasteiger partial charge in [0, 0.05) is 6.20 Å². The summed E-state index contributed by atoms with van der Waals surface area (Å²) in [6.45, 7) is -1.24. The molecule has 1 aromatic carbocycles. The number of ether oxygens (including phenoxy) is 2. The number of carbonyl (C=O) groups is 1. The Hall–Kier alpha value is -2.33. The number of anilines is 1. The number of aliphatic hydroxyl groups is 1. The van der Waals surface area contributed by atoms with Crippen LogP contribution in [0.2, 0.25) is 5.02 Å². The highest BCUT2D eigenvalue weighted by molar-refractivity contribution is 8.09. The summed E-state index contributed by atoms with van der Waals surface area (Å²) in [5.74, 6) is -5.91. The van der Waals surface area contributed by atoms with Crippen LogP contribution in [0.15, 0.2) is 41.3 Å². The Morgan fingerprint density at radius 2 is 1.95 bits per heavy atom. The second-order valence-corrected chi connectivity index (χ2v) is 12.5. The maximum atomic E-state index is 15.4. The smallest absolute Gasteiger partial charge is 0.351 e. The van der Waals surface area contributed by atoms with Gasteiger partial charge in [-0.25, -0.2) is 18.7 Å². The molecule has 2 aromatic rings. The minimum Gasteiger partial charge on any atom is -0.462 e. The van der Waals surface area contributed by atoms with E-state index in [1.54, 1.807) is 32.0 Å². The highest BCUT2D eigenvalue weighted by atomic mass is 35.5. The van der Waals surface area contributed by atoms with Crippen LogP contribution in [0.1, 0.15) is 27.0 Å². The average Bonchev–Trinajstić information content (AvgIpc) is 3.06. The zero-order chi connectivity index (χ0) is 30.0. The molecule has 4 N–H and O–H groups in total. The first kappa shape index (κ1) is 32.2. The molecule has 1 unspecified atom stereocenters. The number of aromatic nitrogens is 2. The number of nitrogen functional groups attached to an aromatic ring is 1. The van der Waals surface area contributed by atoms with Crippen LogP contribution in [0.25, 0.3) is 0 Å². The molecular formula is C22H26ClF4N4O7PS. The lowest BCUT2D eigenvalue weighted by molar-refractivity contribution is -0.241. The molecule has 0 bridgehead atoms. The molecule has 1 aliphatic rings. The van der Waals surface area contributed by atoms with E-state index in [0.717, 1.165) is 0 Å². The Kier molecular flexibility index (Phi) is 9.87. The Morgan fingerprint density at radius 3 is 2.52 bits per heavy atom. The fraction of sp³-hybridized carbons (Fsp3) is 0.500. The van der Waals surface area contributed by atoms with Crippen LogP contribution in [0.3, 0.4) is 0 Å². The number of esters is 1. The van der Waals surface area contributed by atoms with Crippen LogP contribution < -0.4 is 21.0 Å². The molecule has 0 aliphatic carbocycles. The van der Waals surface area contributed by atoms with Gasteiger partial charge >= 0.3 is 24.2 Å². The molecule has 0 spiro atoms. The van der Waals surface area contributed by atoms with E-state index in [1.165, 1.54) is 19.1 Å². The molecule has 1 saturated heterocycles. The molecule has 0 amide bonds. The monoisotopic (exact) mass is 632 g/mol. The van der Waals surface area contributed by atoms with Gasteiger partial charge in [-0.1, -0.05) is 29.8 Å². The summed E-state index contributed by atoms with van der Waals surface area (Å²) in [5.41, 5.74) is 0.278. The van der Waals surface area contributed by atoms with E-state index in [9.17, 15) is 23.5 Å². The minimum absolute atomic E-state index is 0.0695. The predicted molar refractivity (Wildman–Crippen MR) is 139 cm³/mol. The third-order valence-corrected chi connectivity index (χ3v) is 8.34. The molecule has 1 aliphatic heterocycles. The zero-order valence-corrected chi connectivity index (χ0v) is 23.6.